The Hall–Kier alpha value is 0.0406. The molecular weight excluding hydrogens is 1030 g/mol. The standard InChI is InChI=1S/C12H10S.6AsFH2O3/c1-3-7-11(8-4-1)13-12-9-5-2-6-10-12;6*2-1(3,4)5/h1-10H;6*(H2,3,4,5). The van der Waals surface area contributed by atoms with Crippen molar-refractivity contribution in [3.63, 3.8) is 0 Å². The second kappa shape index (κ2) is 25.2. The molecule has 0 bridgehead atoms. The molecule has 0 aliphatic rings. The predicted octanol–water partition coefficient (Wildman–Crippen LogP) is -3.32. The van der Waals surface area contributed by atoms with Crippen molar-refractivity contribution in [2.45, 2.75) is 9.79 Å². The van der Waals surface area contributed by atoms with E-state index in [4.69, 9.17) is 71.6 Å². The molecule has 18 nitrogen and oxygen atoms in total. The van der Waals surface area contributed by atoms with Crippen molar-refractivity contribution in [2.75, 3.05) is 0 Å². The van der Waals surface area contributed by atoms with E-state index in [9.17, 15) is 20.8 Å². The van der Waals surface area contributed by atoms with E-state index in [1.165, 1.54) is 9.79 Å². The van der Waals surface area contributed by atoms with E-state index in [-0.39, 0.29) is 0 Å². The van der Waals surface area contributed by atoms with Crippen LogP contribution in [-0.4, -0.2) is 137 Å². The SMILES string of the molecule is O=[As](O)(O)F.O=[As](O)(O)F.O=[As](O)(O)F.O=[As](O)(O)F.O=[As](O)(O)F.O=[As](O)(O)F.c1ccc(Sc2ccccc2)cc1. The molecular formula is C12H22As6F6O18S. The van der Waals surface area contributed by atoms with Gasteiger partial charge in [-0.3, -0.25) is 0 Å². The van der Waals surface area contributed by atoms with E-state index < -0.39 is 87.9 Å². The van der Waals surface area contributed by atoms with Crippen LogP contribution in [0.3, 0.4) is 0 Å². The van der Waals surface area contributed by atoms with E-state index in [1.54, 1.807) is 11.8 Å². The normalized spacial score (nSPS) is 11.2. The first-order valence-corrected chi connectivity index (χ1v) is 28.5. The molecule has 0 aromatic heterocycles. The summed E-state index contributed by atoms with van der Waals surface area (Å²) in [5, 5.41) is 0. The van der Waals surface area contributed by atoms with Crippen molar-refractivity contribution >= 4 is 99.6 Å². The fourth-order valence-corrected chi connectivity index (χ4v) is 1.97. The van der Waals surface area contributed by atoms with Crippen molar-refractivity contribution in [3.8, 4) is 0 Å². The molecule has 2 aromatic carbocycles. The van der Waals surface area contributed by atoms with Crippen LogP contribution in [0.4, 0.5) is 20.8 Å². The molecule has 256 valence electrons. The zero-order valence-corrected chi connectivity index (χ0v) is 32.0. The van der Waals surface area contributed by atoms with E-state index in [0.717, 1.165) is 0 Å². The van der Waals surface area contributed by atoms with Gasteiger partial charge < -0.3 is 0 Å². The van der Waals surface area contributed by atoms with E-state index in [1.807, 2.05) is 12.1 Å². The molecule has 0 aliphatic heterocycles. The summed E-state index contributed by atoms with van der Waals surface area (Å²) in [6.45, 7) is 0. The Labute approximate surface area is 260 Å². The molecule has 2 aromatic rings. The molecule has 12 N–H and O–H groups in total. The zero-order valence-electron chi connectivity index (χ0n) is 19.9. The fourth-order valence-electron chi connectivity index (χ4n) is 1.11. The third kappa shape index (κ3) is 168. The molecule has 0 heterocycles. The minimum Gasteiger partial charge on any atom is -0.0901 e. The zero-order chi connectivity index (χ0) is 35.9. The van der Waals surface area contributed by atoms with Crippen molar-refractivity contribution < 1.29 is 92.4 Å². The first-order chi connectivity index (χ1) is 18.4. The van der Waals surface area contributed by atoms with Crippen molar-refractivity contribution in [1.82, 2.24) is 0 Å². The van der Waals surface area contributed by atoms with E-state index in [0.29, 0.717) is 0 Å². The third-order valence-corrected chi connectivity index (χ3v) is 2.74. The van der Waals surface area contributed by atoms with Crippen molar-refractivity contribution in [1.29, 1.82) is 0 Å². The number of hydrogen-bond acceptors (Lipinski definition) is 7. The monoisotopic (exact) mass is 1050 g/mol. The minimum atomic E-state index is -5.62. The van der Waals surface area contributed by atoms with Gasteiger partial charge >= 0.3 is 180 Å². The third-order valence-electron chi connectivity index (χ3n) is 1.72. The molecule has 0 unspecified atom stereocenters. The van der Waals surface area contributed by atoms with E-state index in [2.05, 4.69) is 48.5 Å². The van der Waals surface area contributed by atoms with Gasteiger partial charge in [-0.1, -0.05) is 48.2 Å². The summed E-state index contributed by atoms with van der Waals surface area (Å²) in [5.41, 5.74) is 0. The van der Waals surface area contributed by atoms with E-state index >= 15 is 0 Å². The van der Waals surface area contributed by atoms with Crippen molar-refractivity contribution in [2.24, 2.45) is 0 Å². The summed E-state index contributed by atoms with van der Waals surface area (Å²) in [6.07, 6.45) is 0. The molecule has 0 spiro atoms. The molecule has 0 atom stereocenters. The van der Waals surface area contributed by atoms with Crippen LogP contribution in [0.1, 0.15) is 0 Å². The first-order valence-electron chi connectivity index (χ1n) is 8.74. The molecule has 0 radical (unpaired) electrons. The quantitative estimate of drug-likeness (QED) is 0.103. The molecule has 2 rings (SSSR count). The summed E-state index contributed by atoms with van der Waals surface area (Å²) >= 11 is -32.0. The van der Waals surface area contributed by atoms with Crippen LogP contribution >= 0.6 is 11.8 Å². The Morgan fingerprint density at radius 3 is 0.581 bits per heavy atom. The molecule has 0 amide bonds. The average molecular weight is 1050 g/mol. The van der Waals surface area contributed by atoms with Crippen molar-refractivity contribution in [3.05, 3.63) is 60.7 Å². The molecule has 0 aliphatic carbocycles. The van der Waals surface area contributed by atoms with Crippen LogP contribution in [0.2, 0.25) is 0 Å². The van der Waals surface area contributed by atoms with Gasteiger partial charge in [-0.05, 0) is 24.3 Å². The maximum absolute atomic E-state index is 10.4. The fraction of sp³-hybridized carbons (Fsp3) is 0. The van der Waals surface area contributed by atoms with Gasteiger partial charge in [0.25, 0.3) is 0 Å². The molecule has 0 saturated heterocycles. The molecule has 31 heteroatoms. The summed E-state index contributed by atoms with van der Waals surface area (Å²) in [7, 11) is 0. The van der Waals surface area contributed by atoms with Crippen LogP contribution in [0, 0.1) is 0 Å². The number of benzene rings is 2. The summed E-state index contributed by atoms with van der Waals surface area (Å²) in [5.74, 6) is 0. The topological polar surface area (TPSA) is 345 Å². The maximum atomic E-state index is 10.4. The predicted molar refractivity (Wildman–Crippen MR) is 129 cm³/mol. The largest absolute Gasteiger partial charge is 0.0901 e. The summed E-state index contributed by atoms with van der Waals surface area (Å²) in [4.78, 5) is 2.57. The van der Waals surface area contributed by atoms with Crippen LogP contribution in [0.15, 0.2) is 70.5 Å². The summed E-state index contributed by atoms with van der Waals surface area (Å²) in [6, 6.07) is 20.8. The van der Waals surface area contributed by atoms with Crippen LogP contribution in [0.25, 0.3) is 0 Å². The first kappa shape index (κ1) is 52.6. The molecule has 0 saturated carbocycles. The maximum Gasteiger partial charge on any atom is 0.0122 e. The number of halogens is 6. The average Bonchev–Trinajstić information content (AvgIpc) is 2.61. The Balaban J connectivity index is -0.000000139. The van der Waals surface area contributed by atoms with Gasteiger partial charge in [0.2, 0.25) is 0 Å². The van der Waals surface area contributed by atoms with Gasteiger partial charge in [0.15, 0.2) is 0 Å². The number of rotatable bonds is 2. The Morgan fingerprint density at radius 2 is 0.465 bits per heavy atom. The smallest absolute Gasteiger partial charge is 0.0122 e. The number of hydrogen-bond donors (Lipinski definition) is 12. The van der Waals surface area contributed by atoms with Gasteiger partial charge in [-0.2, -0.15) is 0 Å². The minimum absolute atomic E-state index is 1.29. The Kier molecular flexibility index (Phi) is 30.8. The summed E-state index contributed by atoms with van der Waals surface area (Å²) < 4.78 is 199. The van der Waals surface area contributed by atoms with Gasteiger partial charge in [-0.15, -0.1) is 0 Å². The molecule has 43 heavy (non-hydrogen) atoms. The van der Waals surface area contributed by atoms with Crippen LogP contribution < -0.4 is 0 Å². The Bertz CT molecular complexity index is 1020. The van der Waals surface area contributed by atoms with Gasteiger partial charge in [0, 0.05) is 9.79 Å². The van der Waals surface area contributed by atoms with Gasteiger partial charge in [0.05, 0.1) is 0 Å². The second-order valence-electron chi connectivity index (χ2n) is 5.57. The van der Waals surface area contributed by atoms with Gasteiger partial charge in [-0.25, -0.2) is 0 Å². The van der Waals surface area contributed by atoms with Crippen LogP contribution in [-0.2, 0) is 22.4 Å². The molecule has 0 fully saturated rings. The Morgan fingerprint density at radius 1 is 0.349 bits per heavy atom. The van der Waals surface area contributed by atoms with Gasteiger partial charge in [0.1, 0.15) is 0 Å². The van der Waals surface area contributed by atoms with Crippen LogP contribution in [0.5, 0.6) is 0 Å². The second-order valence-corrected chi connectivity index (χ2v) is 18.6.